The summed E-state index contributed by atoms with van der Waals surface area (Å²) in [5.41, 5.74) is 0. The van der Waals surface area contributed by atoms with E-state index in [1.54, 1.807) is 6.07 Å². The van der Waals surface area contributed by atoms with Crippen LogP contribution in [0.2, 0.25) is 5.02 Å². The van der Waals surface area contributed by atoms with Gasteiger partial charge in [-0.3, -0.25) is 0 Å². The molecule has 0 heterocycles. The summed E-state index contributed by atoms with van der Waals surface area (Å²) < 4.78 is 18.3. The van der Waals surface area contributed by atoms with Crippen molar-refractivity contribution in [2.75, 3.05) is 19.7 Å². The van der Waals surface area contributed by atoms with Gasteiger partial charge >= 0.3 is 0 Å². The van der Waals surface area contributed by atoms with Crippen molar-refractivity contribution < 1.29 is 9.13 Å². The van der Waals surface area contributed by atoms with E-state index >= 15 is 0 Å². The molecule has 0 spiro atoms. The van der Waals surface area contributed by atoms with Crippen molar-refractivity contribution >= 4 is 11.6 Å². The fourth-order valence-corrected chi connectivity index (χ4v) is 1.78. The Balaban J connectivity index is 2.05. The summed E-state index contributed by atoms with van der Waals surface area (Å²) in [6, 6.07) is 4.40. The number of nitrogens with one attached hydrogen (secondary N) is 1. The summed E-state index contributed by atoms with van der Waals surface area (Å²) >= 11 is 5.65. The molecule has 2 nitrogen and oxygen atoms in total. The van der Waals surface area contributed by atoms with E-state index in [4.69, 9.17) is 16.3 Å². The normalized spacial score (nSPS) is 10.6. The number of halogens is 2. The fourth-order valence-electron chi connectivity index (χ4n) is 1.61. The Labute approximate surface area is 113 Å². The van der Waals surface area contributed by atoms with E-state index in [0.29, 0.717) is 12.4 Å². The second-order valence-electron chi connectivity index (χ2n) is 4.24. The Kier molecular flexibility index (Phi) is 7.78. The van der Waals surface area contributed by atoms with Gasteiger partial charge in [0.1, 0.15) is 18.2 Å². The number of ether oxygens (including phenoxy) is 1. The highest BCUT2D eigenvalue weighted by Gasteiger charge is 2.01. The quantitative estimate of drug-likeness (QED) is 0.686. The molecule has 1 N–H and O–H groups in total. The van der Waals surface area contributed by atoms with Crippen molar-refractivity contribution in [1.82, 2.24) is 5.32 Å². The number of hydrogen-bond acceptors (Lipinski definition) is 2. The number of rotatable bonds is 9. The number of benzene rings is 1. The molecule has 0 aliphatic heterocycles. The molecule has 18 heavy (non-hydrogen) atoms. The SMILES string of the molecule is CCCCCCNCCOc1ccc(F)c(Cl)c1. The average molecular weight is 274 g/mol. The van der Waals surface area contributed by atoms with Gasteiger partial charge in [0.2, 0.25) is 0 Å². The standard InChI is InChI=1S/C14H21ClFNO/c1-2-3-4-5-8-17-9-10-18-12-6-7-14(16)13(15)11-12/h6-7,11,17H,2-5,8-10H2,1H3. The third-order valence-electron chi connectivity index (χ3n) is 2.65. The summed E-state index contributed by atoms with van der Waals surface area (Å²) in [4.78, 5) is 0. The summed E-state index contributed by atoms with van der Waals surface area (Å²) in [6.45, 7) is 4.58. The monoisotopic (exact) mass is 273 g/mol. The van der Waals surface area contributed by atoms with Crippen LogP contribution in [0.25, 0.3) is 0 Å². The first-order valence-electron chi connectivity index (χ1n) is 6.52. The predicted octanol–water partition coefficient (Wildman–Crippen LogP) is 4.03. The second-order valence-corrected chi connectivity index (χ2v) is 4.64. The molecule has 0 atom stereocenters. The van der Waals surface area contributed by atoms with Crippen LogP contribution < -0.4 is 10.1 Å². The van der Waals surface area contributed by atoms with Crippen molar-refractivity contribution in [3.05, 3.63) is 29.0 Å². The van der Waals surface area contributed by atoms with Gasteiger partial charge in [0.15, 0.2) is 0 Å². The Hall–Kier alpha value is -0.800. The Bertz CT molecular complexity index is 347. The van der Waals surface area contributed by atoms with Crippen LogP contribution in [0.1, 0.15) is 32.6 Å². The van der Waals surface area contributed by atoms with E-state index in [2.05, 4.69) is 12.2 Å². The molecule has 0 fully saturated rings. The van der Waals surface area contributed by atoms with Gasteiger partial charge in [0.25, 0.3) is 0 Å². The first-order valence-corrected chi connectivity index (χ1v) is 6.90. The maximum atomic E-state index is 12.9. The molecule has 4 heteroatoms. The Morgan fingerprint density at radius 1 is 1.22 bits per heavy atom. The maximum Gasteiger partial charge on any atom is 0.142 e. The van der Waals surface area contributed by atoms with Gasteiger partial charge in [-0.05, 0) is 25.1 Å². The zero-order valence-electron chi connectivity index (χ0n) is 10.8. The van der Waals surface area contributed by atoms with Gasteiger partial charge < -0.3 is 10.1 Å². The van der Waals surface area contributed by atoms with Crippen molar-refractivity contribution in [3.63, 3.8) is 0 Å². The molecule has 0 saturated heterocycles. The van der Waals surface area contributed by atoms with Crippen LogP contribution in [0.3, 0.4) is 0 Å². The fraction of sp³-hybridized carbons (Fsp3) is 0.571. The Morgan fingerprint density at radius 3 is 2.78 bits per heavy atom. The second kappa shape index (κ2) is 9.17. The van der Waals surface area contributed by atoms with E-state index in [9.17, 15) is 4.39 Å². The van der Waals surface area contributed by atoms with Crippen LogP contribution in [0.4, 0.5) is 4.39 Å². The van der Waals surface area contributed by atoms with Gasteiger partial charge in [-0.1, -0.05) is 37.8 Å². The molecule has 0 aliphatic carbocycles. The van der Waals surface area contributed by atoms with Crippen molar-refractivity contribution in [2.24, 2.45) is 0 Å². The lowest BCUT2D eigenvalue weighted by atomic mass is 10.2. The molecule has 0 unspecified atom stereocenters. The first kappa shape index (κ1) is 15.3. The van der Waals surface area contributed by atoms with Gasteiger partial charge in [0, 0.05) is 12.6 Å². The molecular formula is C14H21ClFNO. The van der Waals surface area contributed by atoms with Crippen LogP contribution in [-0.4, -0.2) is 19.7 Å². The van der Waals surface area contributed by atoms with Gasteiger partial charge in [-0.15, -0.1) is 0 Å². The lowest BCUT2D eigenvalue weighted by molar-refractivity contribution is 0.313. The maximum absolute atomic E-state index is 12.9. The molecular weight excluding hydrogens is 253 g/mol. The third kappa shape index (κ3) is 6.22. The van der Waals surface area contributed by atoms with Crippen LogP contribution in [-0.2, 0) is 0 Å². The van der Waals surface area contributed by atoms with Crippen LogP contribution in [0.5, 0.6) is 5.75 Å². The predicted molar refractivity (Wildman–Crippen MR) is 73.9 cm³/mol. The van der Waals surface area contributed by atoms with Crippen molar-refractivity contribution in [2.45, 2.75) is 32.6 Å². The van der Waals surface area contributed by atoms with Crippen molar-refractivity contribution in [3.8, 4) is 5.75 Å². The minimum atomic E-state index is -0.418. The van der Waals surface area contributed by atoms with E-state index in [1.165, 1.54) is 37.8 Å². The summed E-state index contributed by atoms with van der Waals surface area (Å²) in [7, 11) is 0. The topological polar surface area (TPSA) is 21.3 Å². The molecule has 1 aromatic rings. The van der Waals surface area contributed by atoms with Gasteiger partial charge in [-0.25, -0.2) is 4.39 Å². The Morgan fingerprint density at radius 2 is 2.06 bits per heavy atom. The molecule has 0 radical (unpaired) electrons. The molecule has 0 aromatic heterocycles. The smallest absolute Gasteiger partial charge is 0.142 e. The molecule has 0 saturated carbocycles. The highest BCUT2D eigenvalue weighted by Crippen LogP contribution is 2.20. The zero-order chi connectivity index (χ0) is 13.2. The number of unbranched alkanes of at least 4 members (excludes halogenated alkanes) is 3. The van der Waals surface area contributed by atoms with E-state index in [-0.39, 0.29) is 5.02 Å². The van der Waals surface area contributed by atoms with E-state index in [1.807, 2.05) is 0 Å². The van der Waals surface area contributed by atoms with E-state index in [0.717, 1.165) is 13.1 Å². The van der Waals surface area contributed by atoms with Crippen LogP contribution in [0, 0.1) is 5.82 Å². The zero-order valence-corrected chi connectivity index (χ0v) is 11.6. The third-order valence-corrected chi connectivity index (χ3v) is 2.94. The highest BCUT2D eigenvalue weighted by atomic mass is 35.5. The lowest BCUT2D eigenvalue weighted by Gasteiger charge is -2.08. The van der Waals surface area contributed by atoms with Gasteiger partial charge in [-0.2, -0.15) is 0 Å². The molecule has 0 aliphatic rings. The summed E-state index contributed by atoms with van der Waals surface area (Å²) in [6.07, 6.45) is 5.04. The molecule has 1 aromatic carbocycles. The summed E-state index contributed by atoms with van der Waals surface area (Å²) in [5, 5.41) is 3.41. The van der Waals surface area contributed by atoms with Crippen molar-refractivity contribution in [1.29, 1.82) is 0 Å². The molecule has 0 amide bonds. The van der Waals surface area contributed by atoms with Crippen LogP contribution in [0.15, 0.2) is 18.2 Å². The van der Waals surface area contributed by atoms with E-state index < -0.39 is 5.82 Å². The number of hydrogen-bond donors (Lipinski definition) is 1. The largest absolute Gasteiger partial charge is 0.492 e. The average Bonchev–Trinajstić information content (AvgIpc) is 2.37. The highest BCUT2D eigenvalue weighted by molar-refractivity contribution is 6.30. The van der Waals surface area contributed by atoms with Gasteiger partial charge in [0.05, 0.1) is 5.02 Å². The molecule has 1 rings (SSSR count). The minimum Gasteiger partial charge on any atom is -0.492 e. The molecule has 0 bridgehead atoms. The van der Waals surface area contributed by atoms with Crippen LogP contribution >= 0.6 is 11.6 Å². The minimum absolute atomic E-state index is 0.0972. The molecule has 102 valence electrons. The summed E-state index contributed by atoms with van der Waals surface area (Å²) in [5.74, 6) is 0.187. The first-order chi connectivity index (χ1) is 8.74. The lowest BCUT2D eigenvalue weighted by Crippen LogP contribution is -2.22.